The number of Topliss-reactive ketones (excluding diaryl/α,β-unsaturated/α-hetero) is 1. The Morgan fingerprint density at radius 3 is 1.36 bits per heavy atom. The number of halogens is 6. The van der Waals surface area contributed by atoms with Gasteiger partial charge in [-0.3, -0.25) is 4.79 Å². The lowest BCUT2D eigenvalue weighted by atomic mass is 10.0. The van der Waals surface area contributed by atoms with Crippen molar-refractivity contribution >= 4 is 11.8 Å². The predicted molar refractivity (Wildman–Crippen MR) is 74.9 cm³/mol. The molecule has 0 aromatic heterocycles. The molecule has 0 aliphatic carbocycles. The second kappa shape index (κ2) is 9.37. The highest BCUT2D eigenvalue weighted by atomic mass is 19.3. The number of esters is 1. The smallest absolute Gasteiger partial charge is 0.400 e. The van der Waals surface area contributed by atoms with Crippen LogP contribution in [0.3, 0.4) is 0 Å². The summed E-state index contributed by atoms with van der Waals surface area (Å²) in [6.45, 7) is 3.49. The fourth-order valence-corrected chi connectivity index (χ4v) is 1.15. The van der Waals surface area contributed by atoms with Crippen molar-refractivity contribution in [1.29, 1.82) is 0 Å². The van der Waals surface area contributed by atoms with Crippen LogP contribution in [-0.2, 0) is 23.8 Å². The first-order valence-electron chi connectivity index (χ1n) is 7.05. The lowest BCUT2D eigenvalue weighted by Gasteiger charge is -2.26. The third-order valence-electron chi connectivity index (χ3n) is 2.97. The van der Waals surface area contributed by atoms with Crippen molar-refractivity contribution in [1.82, 2.24) is 0 Å². The zero-order valence-electron chi connectivity index (χ0n) is 14.7. The Balaban J connectivity index is 0. The SMILES string of the molecule is CCOC(F)(F)C(C)(F)C(=O)OC.CCOC(F)(F)C(C)(F)C(C)=O. The number of alkyl halides is 6. The van der Waals surface area contributed by atoms with E-state index in [1.165, 1.54) is 13.8 Å². The number of ether oxygens (including phenoxy) is 3. The van der Waals surface area contributed by atoms with Crippen molar-refractivity contribution in [2.24, 2.45) is 0 Å². The van der Waals surface area contributed by atoms with Crippen LogP contribution in [0.4, 0.5) is 26.3 Å². The number of hydrogen-bond acceptors (Lipinski definition) is 5. The first kappa shape index (κ1) is 25.9. The van der Waals surface area contributed by atoms with Gasteiger partial charge in [0.15, 0.2) is 5.78 Å². The normalized spacial score (nSPS) is 16.8. The van der Waals surface area contributed by atoms with Crippen LogP contribution in [0.1, 0.15) is 34.6 Å². The fraction of sp³-hybridized carbons (Fsp3) is 0.857. The zero-order valence-corrected chi connectivity index (χ0v) is 14.7. The number of ketones is 1. The van der Waals surface area contributed by atoms with E-state index in [4.69, 9.17) is 0 Å². The predicted octanol–water partition coefficient (Wildman–Crippen LogP) is 3.45. The molecular weight excluding hydrogens is 362 g/mol. The number of hydrogen-bond donors (Lipinski definition) is 0. The molecule has 11 heteroatoms. The van der Waals surface area contributed by atoms with Crippen molar-refractivity contribution in [3.63, 3.8) is 0 Å². The Hall–Kier alpha value is -1.36. The number of carbonyl (C=O) groups is 2. The zero-order chi connectivity index (χ0) is 20.7. The molecule has 0 bridgehead atoms. The van der Waals surface area contributed by atoms with Crippen LogP contribution in [0.2, 0.25) is 0 Å². The first-order valence-corrected chi connectivity index (χ1v) is 7.05. The maximum atomic E-state index is 13.1. The number of methoxy groups -OCH3 is 1. The summed E-state index contributed by atoms with van der Waals surface area (Å²) in [5.74, 6) is -2.91. The van der Waals surface area contributed by atoms with Gasteiger partial charge in [0.1, 0.15) is 0 Å². The van der Waals surface area contributed by atoms with E-state index in [9.17, 15) is 35.9 Å². The lowest BCUT2D eigenvalue weighted by Crippen LogP contribution is -2.50. The molecule has 25 heavy (non-hydrogen) atoms. The molecular formula is C14H22F6O5. The Labute approximate surface area is 141 Å². The van der Waals surface area contributed by atoms with Crippen molar-refractivity contribution in [2.75, 3.05) is 20.3 Å². The molecule has 0 N–H and O–H groups in total. The highest BCUT2D eigenvalue weighted by molar-refractivity contribution is 5.85. The van der Waals surface area contributed by atoms with Crippen LogP contribution >= 0.6 is 0 Å². The van der Waals surface area contributed by atoms with Crippen LogP contribution < -0.4 is 0 Å². The molecule has 150 valence electrons. The van der Waals surface area contributed by atoms with E-state index in [0.717, 1.165) is 14.0 Å². The van der Waals surface area contributed by atoms with Crippen LogP contribution in [0, 0.1) is 0 Å². The Kier molecular flexibility index (Phi) is 9.70. The van der Waals surface area contributed by atoms with Crippen molar-refractivity contribution in [2.45, 2.75) is 58.2 Å². The Morgan fingerprint density at radius 1 is 0.800 bits per heavy atom. The van der Waals surface area contributed by atoms with Crippen LogP contribution in [0.25, 0.3) is 0 Å². The molecule has 5 nitrogen and oxygen atoms in total. The van der Waals surface area contributed by atoms with Gasteiger partial charge >= 0.3 is 18.2 Å². The van der Waals surface area contributed by atoms with Gasteiger partial charge < -0.3 is 14.2 Å². The third-order valence-corrected chi connectivity index (χ3v) is 2.97. The summed E-state index contributed by atoms with van der Waals surface area (Å²) in [5, 5.41) is 0. The summed E-state index contributed by atoms with van der Waals surface area (Å²) in [5.41, 5.74) is -6.71. The van der Waals surface area contributed by atoms with E-state index in [2.05, 4.69) is 14.2 Å². The largest absolute Gasteiger partial charge is 0.466 e. The standard InChI is InChI=1S/C7H11F3O3.C7H11F3O2/c1-4-13-7(9,10)6(2,8)5(11)12-3;1-4-12-7(9,10)6(3,8)5(2)11/h4H2,1-3H3;4H2,1-3H3. The van der Waals surface area contributed by atoms with Crippen LogP contribution in [-0.4, -0.2) is 55.6 Å². The van der Waals surface area contributed by atoms with Gasteiger partial charge in [0.2, 0.25) is 0 Å². The maximum absolute atomic E-state index is 13.1. The van der Waals surface area contributed by atoms with Gasteiger partial charge in [-0.05, 0) is 34.6 Å². The molecule has 0 aliphatic rings. The fourth-order valence-electron chi connectivity index (χ4n) is 1.15. The van der Waals surface area contributed by atoms with E-state index < -0.39 is 41.9 Å². The van der Waals surface area contributed by atoms with E-state index >= 15 is 0 Å². The molecule has 2 atom stereocenters. The molecule has 0 aliphatic heterocycles. The topological polar surface area (TPSA) is 61.8 Å². The molecule has 0 aromatic rings. The highest BCUT2D eigenvalue weighted by Crippen LogP contribution is 2.35. The van der Waals surface area contributed by atoms with E-state index in [-0.39, 0.29) is 6.61 Å². The van der Waals surface area contributed by atoms with E-state index in [0.29, 0.717) is 13.8 Å². The lowest BCUT2D eigenvalue weighted by molar-refractivity contribution is -0.299. The maximum Gasteiger partial charge on any atom is 0.400 e. The average Bonchev–Trinajstić information content (AvgIpc) is 2.46. The number of rotatable bonds is 8. The van der Waals surface area contributed by atoms with Crippen LogP contribution in [0.15, 0.2) is 0 Å². The molecule has 0 aromatic carbocycles. The van der Waals surface area contributed by atoms with E-state index in [1.807, 2.05) is 0 Å². The van der Waals surface area contributed by atoms with Gasteiger partial charge in [-0.15, -0.1) is 0 Å². The summed E-state index contributed by atoms with van der Waals surface area (Å²) in [6.07, 6.45) is -8.22. The van der Waals surface area contributed by atoms with Gasteiger partial charge in [-0.2, -0.15) is 17.6 Å². The van der Waals surface area contributed by atoms with Crippen molar-refractivity contribution in [3.05, 3.63) is 0 Å². The minimum absolute atomic E-state index is 0.347. The quantitative estimate of drug-likeness (QED) is 0.474. The second-order valence-corrected chi connectivity index (χ2v) is 4.95. The first-order chi connectivity index (χ1) is 11.0. The summed E-state index contributed by atoms with van der Waals surface area (Å²) < 4.78 is 88.3. The van der Waals surface area contributed by atoms with Gasteiger partial charge in [-0.25, -0.2) is 13.6 Å². The second-order valence-electron chi connectivity index (χ2n) is 4.95. The van der Waals surface area contributed by atoms with E-state index in [1.54, 1.807) is 0 Å². The Bertz CT molecular complexity index is 451. The summed E-state index contributed by atoms with van der Waals surface area (Å²) >= 11 is 0. The summed E-state index contributed by atoms with van der Waals surface area (Å²) in [4.78, 5) is 21.0. The van der Waals surface area contributed by atoms with Crippen molar-refractivity contribution in [3.8, 4) is 0 Å². The molecule has 0 amide bonds. The molecule has 0 heterocycles. The minimum atomic E-state index is -4.17. The molecule has 0 rings (SSSR count). The molecule has 0 saturated heterocycles. The monoisotopic (exact) mass is 384 g/mol. The summed E-state index contributed by atoms with van der Waals surface area (Å²) in [6, 6.07) is 0. The molecule has 0 spiro atoms. The number of carbonyl (C=O) groups excluding carboxylic acids is 2. The molecule has 0 saturated carbocycles. The van der Waals surface area contributed by atoms with Gasteiger partial charge in [-0.1, -0.05) is 0 Å². The van der Waals surface area contributed by atoms with Crippen LogP contribution in [0.5, 0.6) is 0 Å². The van der Waals surface area contributed by atoms with Crippen molar-refractivity contribution < 1.29 is 50.1 Å². The highest BCUT2D eigenvalue weighted by Gasteiger charge is 2.59. The minimum Gasteiger partial charge on any atom is -0.466 e. The molecule has 0 radical (unpaired) electrons. The third kappa shape index (κ3) is 6.46. The summed E-state index contributed by atoms with van der Waals surface area (Å²) in [7, 11) is 0.822. The molecule has 2 unspecified atom stereocenters. The Morgan fingerprint density at radius 2 is 1.12 bits per heavy atom. The van der Waals surface area contributed by atoms with Gasteiger partial charge in [0.25, 0.3) is 11.3 Å². The van der Waals surface area contributed by atoms with Gasteiger partial charge in [0, 0.05) is 0 Å². The average molecular weight is 384 g/mol. The van der Waals surface area contributed by atoms with Gasteiger partial charge in [0.05, 0.1) is 20.3 Å². The molecule has 0 fully saturated rings.